The van der Waals surface area contributed by atoms with E-state index in [1.54, 1.807) is 32.9 Å². The molecule has 0 radical (unpaired) electrons. The van der Waals surface area contributed by atoms with Gasteiger partial charge in [0, 0.05) is 25.2 Å². The fraction of sp³-hybridized carbons (Fsp3) is 0.391. The first-order chi connectivity index (χ1) is 15.3. The van der Waals surface area contributed by atoms with Crippen LogP contribution in [0.4, 0.5) is 5.69 Å². The summed E-state index contributed by atoms with van der Waals surface area (Å²) in [6.45, 7) is 5.84. The minimum absolute atomic E-state index is 0.122. The minimum atomic E-state index is -3.66. The van der Waals surface area contributed by atoms with Crippen LogP contribution in [0.25, 0.3) is 0 Å². The van der Waals surface area contributed by atoms with Gasteiger partial charge >= 0.3 is 5.97 Å². The van der Waals surface area contributed by atoms with Crippen LogP contribution >= 0.6 is 0 Å². The summed E-state index contributed by atoms with van der Waals surface area (Å²) < 4.78 is 37.5. The van der Waals surface area contributed by atoms with Crippen LogP contribution in [0.2, 0.25) is 0 Å². The molecule has 2 aromatic carbocycles. The van der Waals surface area contributed by atoms with E-state index >= 15 is 0 Å². The average Bonchev–Trinajstić information content (AvgIpc) is 2.78. The molecule has 1 N–H and O–H groups in total. The third-order valence-corrected chi connectivity index (χ3v) is 6.89. The molecule has 174 valence electrons. The predicted molar refractivity (Wildman–Crippen MR) is 122 cm³/mol. The number of nitrogens with zero attached hydrogens (tertiary/aromatic N) is 1. The summed E-state index contributed by atoms with van der Waals surface area (Å²) in [6.07, 6.45) is 0.580. The standard InChI is InChI=1S/C23H30N2O6S/c1-4-25(5-2)32(28,29)21-16-19(14-13-18(21)3)24-22(26)17-31-23(27)12-9-15-30-20-10-7-6-8-11-20/h6-8,10-11,13-14,16H,4-5,9,12,15,17H2,1-3H3,(H,24,26). The molecule has 0 aliphatic carbocycles. The summed E-state index contributed by atoms with van der Waals surface area (Å²) in [5.41, 5.74) is 0.901. The lowest BCUT2D eigenvalue weighted by molar-refractivity contribution is -0.147. The molecule has 0 bridgehead atoms. The zero-order chi connectivity index (χ0) is 23.6. The molecule has 0 aromatic heterocycles. The van der Waals surface area contributed by atoms with Crippen LogP contribution < -0.4 is 10.1 Å². The number of carbonyl (C=O) groups is 2. The van der Waals surface area contributed by atoms with Crippen LogP contribution in [-0.4, -0.2) is 50.9 Å². The van der Waals surface area contributed by atoms with E-state index in [4.69, 9.17) is 9.47 Å². The number of rotatable bonds is 12. The zero-order valence-corrected chi connectivity index (χ0v) is 19.5. The molecule has 32 heavy (non-hydrogen) atoms. The minimum Gasteiger partial charge on any atom is -0.494 e. The maximum absolute atomic E-state index is 12.8. The van der Waals surface area contributed by atoms with Crippen molar-refractivity contribution in [2.45, 2.75) is 38.5 Å². The number of ether oxygens (including phenoxy) is 2. The van der Waals surface area contributed by atoms with Crippen molar-refractivity contribution in [1.82, 2.24) is 4.31 Å². The van der Waals surface area contributed by atoms with Gasteiger partial charge in [-0.3, -0.25) is 9.59 Å². The number of hydrogen-bond donors (Lipinski definition) is 1. The van der Waals surface area contributed by atoms with Crippen molar-refractivity contribution in [3.63, 3.8) is 0 Å². The van der Waals surface area contributed by atoms with Gasteiger partial charge in [0.05, 0.1) is 11.5 Å². The van der Waals surface area contributed by atoms with Gasteiger partial charge in [0.15, 0.2) is 6.61 Å². The summed E-state index contributed by atoms with van der Waals surface area (Å²) >= 11 is 0. The van der Waals surface area contributed by atoms with E-state index < -0.39 is 28.5 Å². The van der Waals surface area contributed by atoms with Gasteiger partial charge in [-0.25, -0.2) is 8.42 Å². The van der Waals surface area contributed by atoms with E-state index in [1.807, 2.05) is 30.3 Å². The van der Waals surface area contributed by atoms with Crippen LogP contribution in [0.3, 0.4) is 0 Å². The Morgan fingerprint density at radius 1 is 1.03 bits per heavy atom. The second-order valence-corrected chi connectivity index (χ2v) is 8.95. The Hall–Kier alpha value is -2.91. The molecule has 0 heterocycles. The third kappa shape index (κ3) is 7.35. The third-order valence-electron chi connectivity index (χ3n) is 4.70. The molecule has 0 aliphatic heterocycles. The van der Waals surface area contributed by atoms with Crippen molar-refractivity contribution in [2.24, 2.45) is 0 Å². The Morgan fingerprint density at radius 2 is 1.72 bits per heavy atom. The number of hydrogen-bond acceptors (Lipinski definition) is 6. The number of esters is 1. The molecule has 0 spiro atoms. The maximum atomic E-state index is 12.8. The monoisotopic (exact) mass is 462 g/mol. The Kier molecular flexibility index (Phi) is 9.67. The highest BCUT2D eigenvalue weighted by Crippen LogP contribution is 2.23. The highest BCUT2D eigenvalue weighted by Gasteiger charge is 2.24. The molecule has 0 fully saturated rings. The van der Waals surface area contributed by atoms with Crippen molar-refractivity contribution in [3.8, 4) is 5.75 Å². The van der Waals surface area contributed by atoms with Gasteiger partial charge in [0.1, 0.15) is 5.75 Å². The van der Waals surface area contributed by atoms with Crippen molar-refractivity contribution in [2.75, 3.05) is 31.6 Å². The lowest BCUT2D eigenvalue weighted by Gasteiger charge is -2.20. The molecule has 2 rings (SSSR count). The first-order valence-corrected chi connectivity index (χ1v) is 12.0. The van der Waals surface area contributed by atoms with Crippen LogP contribution in [0.1, 0.15) is 32.3 Å². The number of amides is 1. The van der Waals surface area contributed by atoms with E-state index in [0.717, 1.165) is 5.75 Å². The zero-order valence-electron chi connectivity index (χ0n) is 18.7. The highest BCUT2D eigenvalue weighted by atomic mass is 32.2. The Bertz CT molecular complexity index is 1000. The first-order valence-electron chi connectivity index (χ1n) is 10.5. The first kappa shape index (κ1) is 25.4. The smallest absolute Gasteiger partial charge is 0.306 e. The molecule has 2 aromatic rings. The molecular weight excluding hydrogens is 432 g/mol. The van der Waals surface area contributed by atoms with E-state index in [1.165, 1.54) is 10.4 Å². The van der Waals surface area contributed by atoms with Gasteiger partial charge in [0.25, 0.3) is 5.91 Å². The Balaban J connectivity index is 1.83. The van der Waals surface area contributed by atoms with Gasteiger partial charge in [-0.2, -0.15) is 4.31 Å². The second kappa shape index (κ2) is 12.2. The van der Waals surface area contributed by atoms with Gasteiger partial charge in [0.2, 0.25) is 10.0 Å². The topological polar surface area (TPSA) is 102 Å². The van der Waals surface area contributed by atoms with Gasteiger partial charge in [-0.15, -0.1) is 0 Å². The maximum Gasteiger partial charge on any atom is 0.306 e. The molecule has 0 saturated carbocycles. The molecule has 1 amide bonds. The van der Waals surface area contributed by atoms with E-state index in [0.29, 0.717) is 37.4 Å². The van der Waals surface area contributed by atoms with Crippen LogP contribution in [0.15, 0.2) is 53.4 Å². The average molecular weight is 463 g/mol. The van der Waals surface area contributed by atoms with Crippen LogP contribution in [-0.2, 0) is 24.3 Å². The van der Waals surface area contributed by atoms with Crippen LogP contribution in [0, 0.1) is 6.92 Å². The normalized spacial score (nSPS) is 11.2. The van der Waals surface area contributed by atoms with Crippen LogP contribution in [0.5, 0.6) is 5.75 Å². The number of nitrogens with one attached hydrogen (secondary N) is 1. The number of aryl methyl sites for hydroxylation is 1. The molecule has 0 unspecified atom stereocenters. The number of para-hydroxylation sites is 1. The lowest BCUT2D eigenvalue weighted by Crippen LogP contribution is -2.31. The van der Waals surface area contributed by atoms with Crippen molar-refractivity contribution in [3.05, 3.63) is 54.1 Å². The summed E-state index contributed by atoms with van der Waals surface area (Å²) in [4.78, 5) is 24.1. The molecule has 9 heteroatoms. The molecule has 0 atom stereocenters. The molecule has 0 aliphatic rings. The summed E-state index contributed by atoms with van der Waals surface area (Å²) in [7, 11) is -3.66. The second-order valence-electron chi connectivity index (χ2n) is 7.04. The molecular formula is C23H30N2O6S. The lowest BCUT2D eigenvalue weighted by atomic mass is 10.2. The molecule has 8 nitrogen and oxygen atoms in total. The summed E-state index contributed by atoms with van der Waals surface area (Å²) in [5, 5.41) is 2.58. The fourth-order valence-electron chi connectivity index (χ4n) is 3.00. The van der Waals surface area contributed by atoms with Gasteiger partial charge < -0.3 is 14.8 Å². The van der Waals surface area contributed by atoms with E-state index in [9.17, 15) is 18.0 Å². The van der Waals surface area contributed by atoms with E-state index in [-0.39, 0.29) is 11.3 Å². The van der Waals surface area contributed by atoms with Crippen molar-refractivity contribution in [1.29, 1.82) is 0 Å². The number of sulfonamides is 1. The molecule has 0 saturated heterocycles. The number of benzene rings is 2. The number of carbonyl (C=O) groups excluding carboxylic acids is 2. The predicted octanol–water partition coefficient (Wildman–Crippen LogP) is 3.37. The largest absolute Gasteiger partial charge is 0.494 e. The van der Waals surface area contributed by atoms with Gasteiger partial charge in [-0.05, 0) is 43.2 Å². The van der Waals surface area contributed by atoms with Crippen molar-refractivity contribution >= 4 is 27.6 Å². The Labute approximate surface area is 189 Å². The van der Waals surface area contributed by atoms with Gasteiger partial charge in [-0.1, -0.05) is 38.1 Å². The van der Waals surface area contributed by atoms with E-state index in [2.05, 4.69) is 5.32 Å². The summed E-state index contributed by atoms with van der Waals surface area (Å²) in [5.74, 6) is -0.333. The number of anilines is 1. The fourth-order valence-corrected chi connectivity index (χ4v) is 4.71. The van der Waals surface area contributed by atoms with Crippen molar-refractivity contribution < 1.29 is 27.5 Å². The summed E-state index contributed by atoms with van der Waals surface area (Å²) in [6, 6.07) is 13.9. The Morgan fingerprint density at radius 3 is 2.38 bits per heavy atom. The quantitative estimate of drug-likeness (QED) is 0.383. The highest BCUT2D eigenvalue weighted by molar-refractivity contribution is 7.89. The SMILES string of the molecule is CCN(CC)S(=O)(=O)c1cc(NC(=O)COC(=O)CCCOc2ccccc2)ccc1C.